The summed E-state index contributed by atoms with van der Waals surface area (Å²) in [6, 6.07) is -2.30. The minimum Gasteiger partial charge on any atom is -0.462 e. The zero-order valence-electron chi connectivity index (χ0n) is 14.4. The molecule has 2 bridgehead atoms. The van der Waals surface area contributed by atoms with Gasteiger partial charge >= 0.3 is 18.4 Å². The molecule has 3 N–H and O–H groups in total. The van der Waals surface area contributed by atoms with Crippen molar-refractivity contribution < 1.29 is 33.1 Å². The maximum atomic E-state index is 13.8. The van der Waals surface area contributed by atoms with Crippen molar-refractivity contribution >= 4 is 23.8 Å². The first-order valence-corrected chi connectivity index (χ1v) is 8.07. The monoisotopic (exact) mass is 372 g/mol. The topological polar surface area (TPSA) is 131 Å². The minimum atomic E-state index is -2.45. The van der Waals surface area contributed by atoms with E-state index in [9.17, 15) is 23.6 Å². The number of hydroxylamine groups is 2. The Morgan fingerprint density at radius 3 is 2.77 bits per heavy atom. The average Bonchev–Trinajstić information content (AvgIpc) is 2.80. The Labute approximate surface area is 149 Å². The largest absolute Gasteiger partial charge is 0.462 e. The first-order valence-electron chi connectivity index (χ1n) is 8.07. The van der Waals surface area contributed by atoms with Crippen LogP contribution in [0.25, 0.3) is 0 Å². The minimum absolute atomic E-state index is 0.0291. The van der Waals surface area contributed by atoms with Crippen molar-refractivity contribution in [3.8, 4) is 0 Å². The van der Waals surface area contributed by atoms with Gasteiger partial charge in [-0.25, -0.2) is 18.8 Å². The van der Waals surface area contributed by atoms with Crippen LogP contribution in [0.15, 0.2) is 11.6 Å². The van der Waals surface area contributed by atoms with E-state index in [-0.39, 0.29) is 26.1 Å². The highest BCUT2D eigenvalue weighted by Crippen LogP contribution is 2.30. The molecular formula is C15H21FN4O6. The van der Waals surface area contributed by atoms with Gasteiger partial charge in [0.2, 0.25) is 11.8 Å². The molecule has 2 heterocycles. The van der Waals surface area contributed by atoms with Gasteiger partial charge in [-0.05, 0) is 19.4 Å². The third-order valence-corrected chi connectivity index (χ3v) is 3.91. The van der Waals surface area contributed by atoms with Crippen LogP contribution in [-0.4, -0.2) is 71.9 Å². The van der Waals surface area contributed by atoms with Gasteiger partial charge in [0.25, 0.3) is 0 Å². The predicted octanol–water partition coefficient (Wildman–Crippen LogP) is -0.797. The SMILES string of the molecule is CCOC(=O)[C@H](F)ON1C(=O)N2C[C@H]1C=C(C)[C@H]2C(=O)NCCC(N)=O. The van der Waals surface area contributed by atoms with Crippen LogP contribution in [0.1, 0.15) is 20.3 Å². The summed E-state index contributed by atoms with van der Waals surface area (Å²) in [6.45, 7) is 3.27. The third-order valence-electron chi connectivity index (χ3n) is 3.91. The molecule has 3 atom stereocenters. The summed E-state index contributed by atoms with van der Waals surface area (Å²) in [5, 5.41) is 3.25. The van der Waals surface area contributed by atoms with Crippen LogP contribution in [0.4, 0.5) is 9.18 Å². The van der Waals surface area contributed by atoms with Gasteiger partial charge in [0.15, 0.2) is 0 Å². The Morgan fingerprint density at radius 2 is 2.15 bits per heavy atom. The number of carbonyl (C=O) groups excluding carboxylic acids is 4. The zero-order valence-corrected chi connectivity index (χ0v) is 14.4. The number of rotatable bonds is 8. The van der Waals surface area contributed by atoms with Gasteiger partial charge in [-0.1, -0.05) is 6.08 Å². The number of alkyl halides is 1. The lowest BCUT2D eigenvalue weighted by Gasteiger charge is -2.29. The molecule has 0 aromatic rings. The third kappa shape index (κ3) is 4.10. The summed E-state index contributed by atoms with van der Waals surface area (Å²) in [6.07, 6.45) is -0.885. The van der Waals surface area contributed by atoms with E-state index in [1.807, 2.05) is 0 Å². The van der Waals surface area contributed by atoms with Crippen LogP contribution < -0.4 is 11.1 Å². The second-order valence-electron chi connectivity index (χ2n) is 5.82. The number of carbonyl (C=O) groups is 4. The van der Waals surface area contributed by atoms with Crippen molar-refractivity contribution in [2.24, 2.45) is 5.73 Å². The number of primary amides is 1. The Kier molecular flexibility index (Phi) is 6.14. The maximum absolute atomic E-state index is 13.8. The molecule has 1 saturated heterocycles. The molecule has 4 amide bonds. The van der Waals surface area contributed by atoms with E-state index < -0.39 is 42.3 Å². The standard InChI is InChI=1S/C15H21FN4O6/c1-3-25-14(23)12(16)26-20-9-6-8(2)11(19(7-9)15(20)24)13(22)18-5-4-10(17)21/h6,9,11-12H,3-5,7H2,1-2H3,(H2,17,21)(H,18,22)/t9-,11+,12-/m1/s1. The second-order valence-corrected chi connectivity index (χ2v) is 5.82. The number of urea groups is 1. The van der Waals surface area contributed by atoms with E-state index in [4.69, 9.17) is 10.6 Å². The van der Waals surface area contributed by atoms with Crippen LogP contribution in [0, 0.1) is 0 Å². The highest BCUT2D eigenvalue weighted by molar-refractivity contribution is 5.92. The molecule has 2 aliphatic rings. The van der Waals surface area contributed by atoms with Crippen LogP contribution >= 0.6 is 0 Å². The number of amides is 4. The van der Waals surface area contributed by atoms with Gasteiger partial charge < -0.3 is 20.7 Å². The molecule has 0 unspecified atom stereocenters. The average molecular weight is 372 g/mol. The van der Waals surface area contributed by atoms with Crippen LogP contribution in [0.5, 0.6) is 0 Å². The number of ether oxygens (including phenoxy) is 1. The van der Waals surface area contributed by atoms with E-state index >= 15 is 0 Å². The molecule has 26 heavy (non-hydrogen) atoms. The summed E-state index contributed by atoms with van der Waals surface area (Å²) in [7, 11) is 0. The highest BCUT2D eigenvalue weighted by atomic mass is 19.1. The molecule has 144 valence electrons. The quantitative estimate of drug-likeness (QED) is 0.424. The number of nitrogens with zero attached hydrogens (tertiary/aromatic N) is 2. The molecule has 2 aliphatic heterocycles. The molecule has 0 radical (unpaired) electrons. The number of nitrogens with one attached hydrogen (secondary N) is 1. The molecule has 0 aromatic heterocycles. The molecule has 2 rings (SSSR count). The van der Waals surface area contributed by atoms with E-state index in [1.165, 1.54) is 11.8 Å². The van der Waals surface area contributed by atoms with Crippen LogP contribution in [0.2, 0.25) is 0 Å². The van der Waals surface area contributed by atoms with Gasteiger partial charge in [0, 0.05) is 13.0 Å². The lowest BCUT2D eigenvalue weighted by molar-refractivity contribution is -0.223. The first-order chi connectivity index (χ1) is 12.3. The molecule has 0 spiro atoms. The molecule has 10 nitrogen and oxygen atoms in total. The number of fused-ring (bicyclic) bond motifs is 2. The maximum Gasteiger partial charge on any atom is 0.370 e. The van der Waals surface area contributed by atoms with Crippen molar-refractivity contribution in [2.75, 3.05) is 19.7 Å². The van der Waals surface area contributed by atoms with E-state index in [1.54, 1.807) is 13.0 Å². The Bertz CT molecular complexity index is 640. The van der Waals surface area contributed by atoms with Crippen molar-refractivity contribution in [1.82, 2.24) is 15.3 Å². The highest BCUT2D eigenvalue weighted by Gasteiger charge is 2.48. The fourth-order valence-corrected chi connectivity index (χ4v) is 2.83. The van der Waals surface area contributed by atoms with Gasteiger partial charge in [-0.15, -0.1) is 0 Å². The van der Waals surface area contributed by atoms with Gasteiger partial charge in [0.05, 0.1) is 19.2 Å². The van der Waals surface area contributed by atoms with Crippen LogP contribution in [0.3, 0.4) is 0 Å². The lowest BCUT2D eigenvalue weighted by Crippen LogP contribution is -2.50. The number of halogens is 1. The van der Waals surface area contributed by atoms with Crippen LogP contribution in [-0.2, 0) is 24.0 Å². The summed E-state index contributed by atoms with van der Waals surface area (Å²) in [5.41, 5.74) is 5.57. The van der Waals surface area contributed by atoms with Gasteiger partial charge in [-0.3, -0.25) is 9.59 Å². The predicted molar refractivity (Wildman–Crippen MR) is 84.7 cm³/mol. The van der Waals surface area contributed by atoms with E-state index in [0.717, 1.165) is 5.06 Å². The smallest absolute Gasteiger partial charge is 0.370 e. The Balaban J connectivity index is 2.05. The number of esters is 1. The van der Waals surface area contributed by atoms with E-state index in [0.29, 0.717) is 5.57 Å². The summed E-state index contributed by atoms with van der Waals surface area (Å²) in [5.74, 6) is -2.29. The fourth-order valence-electron chi connectivity index (χ4n) is 2.83. The first kappa shape index (κ1) is 19.6. The second kappa shape index (κ2) is 8.13. The van der Waals surface area contributed by atoms with Crippen molar-refractivity contribution in [2.45, 2.75) is 38.7 Å². The van der Waals surface area contributed by atoms with E-state index in [2.05, 4.69) is 10.1 Å². The number of nitrogens with two attached hydrogens (primary N) is 1. The van der Waals surface area contributed by atoms with Crippen molar-refractivity contribution in [3.05, 3.63) is 11.6 Å². The fraction of sp³-hybridized carbons (Fsp3) is 0.600. The van der Waals surface area contributed by atoms with Gasteiger partial charge in [0.1, 0.15) is 6.04 Å². The van der Waals surface area contributed by atoms with Crippen molar-refractivity contribution in [3.63, 3.8) is 0 Å². The van der Waals surface area contributed by atoms with Crippen molar-refractivity contribution in [1.29, 1.82) is 0 Å². The lowest BCUT2D eigenvalue weighted by atomic mass is 10.00. The molecule has 1 fully saturated rings. The Morgan fingerprint density at radius 1 is 1.46 bits per heavy atom. The Hall–Kier alpha value is -2.69. The molecule has 0 saturated carbocycles. The molecule has 0 aromatic carbocycles. The molecule has 0 aliphatic carbocycles. The zero-order chi connectivity index (χ0) is 19.4. The summed E-state index contributed by atoms with van der Waals surface area (Å²) >= 11 is 0. The number of hydrogen-bond donors (Lipinski definition) is 2. The van der Waals surface area contributed by atoms with Gasteiger partial charge in [-0.2, -0.15) is 5.06 Å². The molecule has 11 heteroatoms. The summed E-state index contributed by atoms with van der Waals surface area (Å²) < 4.78 is 18.3. The molecular weight excluding hydrogens is 351 g/mol. The normalized spacial score (nSPS) is 22.7. The number of hydrogen-bond acceptors (Lipinski definition) is 6. The summed E-state index contributed by atoms with van der Waals surface area (Å²) in [4.78, 5) is 52.9.